The number of carbonyl (C=O) groups excluding carboxylic acids is 3. The highest BCUT2D eigenvalue weighted by Gasteiger charge is 2.43. The third-order valence-electron chi connectivity index (χ3n) is 4.21. The molecular formula is C14H23N3O3. The molecule has 2 fully saturated rings. The van der Waals surface area contributed by atoms with Gasteiger partial charge in [0.1, 0.15) is 5.92 Å². The SMILES string of the molecule is CCN1CCC(CN2C(=O)NC(=O)C(C(C)C)C2=O)C1. The number of hydrogen-bond acceptors (Lipinski definition) is 4. The number of imide groups is 2. The van der Waals surface area contributed by atoms with Gasteiger partial charge in [-0.25, -0.2) is 4.79 Å². The Morgan fingerprint density at radius 3 is 2.55 bits per heavy atom. The minimum atomic E-state index is -0.739. The largest absolute Gasteiger partial charge is 0.330 e. The lowest BCUT2D eigenvalue weighted by molar-refractivity contribution is -0.144. The van der Waals surface area contributed by atoms with Crippen LogP contribution in [0, 0.1) is 17.8 Å². The minimum Gasteiger partial charge on any atom is -0.303 e. The summed E-state index contributed by atoms with van der Waals surface area (Å²) in [5.41, 5.74) is 0. The molecule has 2 heterocycles. The first-order chi connectivity index (χ1) is 9.43. The Hall–Kier alpha value is -1.43. The van der Waals surface area contributed by atoms with Crippen LogP contribution in [0.3, 0.4) is 0 Å². The van der Waals surface area contributed by atoms with E-state index in [1.165, 1.54) is 4.90 Å². The van der Waals surface area contributed by atoms with Gasteiger partial charge in [-0.3, -0.25) is 19.8 Å². The second kappa shape index (κ2) is 5.91. The number of nitrogens with zero attached hydrogens (tertiary/aromatic N) is 2. The summed E-state index contributed by atoms with van der Waals surface area (Å²) in [7, 11) is 0. The second-order valence-corrected chi connectivity index (χ2v) is 6.01. The number of likely N-dealkylation sites (tertiary alicyclic amines) is 1. The number of urea groups is 1. The van der Waals surface area contributed by atoms with Crippen LogP contribution in [0.4, 0.5) is 4.79 Å². The van der Waals surface area contributed by atoms with Crippen molar-refractivity contribution in [2.75, 3.05) is 26.2 Å². The molecule has 6 heteroatoms. The van der Waals surface area contributed by atoms with Crippen molar-refractivity contribution >= 4 is 17.8 Å². The third-order valence-corrected chi connectivity index (χ3v) is 4.21. The maximum Gasteiger partial charge on any atom is 0.330 e. The number of hydrogen-bond donors (Lipinski definition) is 1. The van der Waals surface area contributed by atoms with Gasteiger partial charge < -0.3 is 4.90 Å². The number of nitrogens with one attached hydrogen (secondary N) is 1. The van der Waals surface area contributed by atoms with Gasteiger partial charge in [-0.1, -0.05) is 20.8 Å². The Kier molecular flexibility index (Phi) is 4.42. The van der Waals surface area contributed by atoms with Crippen molar-refractivity contribution in [1.29, 1.82) is 0 Å². The Labute approximate surface area is 119 Å². The predicted octanol–water partition coefficient (Wildman–Crippen LogP) is 0.679. The molecule has 2 aliphatic rings. The summed E-state index contributed by atoms with van der Waals surface area (Å²) < 4.78 is 0. The maximum atomic E-state index is 12.4. The fourth-order valence-electron chi connectivity index (χ4n) is 3.00. The molecule has 2 rings (SSSR count). The fraction of sp³-hybridized carbons (Fsp3) is 0.786. The zero-order valence-corrected chi connectivity index (χ0v) is 12.4. The lowest BCUT2D eigenvalue weighted by Gasteiger charge is -2.33. The van der Waals surface area contributed by atoms with Gasteiger partial charge in [-0.2, -0.15) is 0 Å². The molecule has 20 heavy (non-hydrogen) atoms. The molecule has 0 spiro atoms. The first kappa shape index (κ1) is 15.0. The Balaban J connectivity index is 2.04. The van der Waals surface area contributed by atoms with E-state index in [0.29, 0.717) is 12.5 Å². The van der Waals surface area contributed by atoms with E-state index in [9.17, 15) is 14.4 Å². The van der Waals surface area contributed by atoms with Crippen LogP contribution in [0.1, 0.15) is 27.2 Å². The van der Waals surface area contributed by atoms with Gasteiger partial charge in [-0.15, -0.1) is 0 Å². The first-order valence-corrected chi connectivity index (χ1v) is 7.32. The molecule has 0 saturated carbocycles. The molecular weight excluding hydrogens is 258 g/mol. The number of amides is 4. The number of carbonyl (C=O) groups is 3. The van der Waals surface area contributed by atoms with Crippen molar-refractivity contribution in [3.63, 3.8) is 0 Å². The van der Waals surface area contributed by atoms with Crippen LogP contribution in [0.15, 0.2) is 0 Å². The van der Waals surface area contributed by atoms with Gasteiger partial charge in [0.15, 0.2) is 0 Å². The van der Waals surface area contributed by atoms with E-state index in [0.717, 1.165) is 26.1 Å². The Morgan fingerprint density at radius 1 is 1.30 bits per heavy atom. The number of rotatable bonds is 4. The summed E-state index contributed by atoms with van der Waals surface area (Å²) in [6.45, 7) is 9.08. The summed E-state index contributed by atoms with van der Waals surface area (Å²) in [5.74, 6) is -1.34. The molecule has 0 aromatic carbocycles. The quantitative estimate of drug-likeness (QED) is 0.769. The van der Waals surface area contributed by atoms with Crippen molar-refractivity contribution in [2.24, 2.45) is 17.8 Å². The van der Waals surface area contributed by atoms with E-state index in [1.54, 1.807) is 0 Å². The summed E-state index contributed by atoms with van der Waals surface area (Å²) in [6.07, 6.45) is 0.991. The van der Waals surface area contributed by atoms with E-state index in [1.807, 2.05) is 13.8 Å². The van der Waals surface area contributed by atoms with E-state index >= 15 is 0 Å². The molecule has 112 valence electrons. The third kappa shape index (κ3) is 2.85. The van der Waals surface area contributed by atoms with Crippen molar-refractivity contribution in [3.05, 3.63) is 0 Å². The number of barbiturate groups is 1. The van der Waals surface area contributed by atoms with E-state index < -0.39 is 17.9 Å². The second-order valence-electron chi connectivity index (χ2n) is 6.01. The van der Waals surface area contributed by atoms with Crippen LogP contribution >= 0.6 is 0 Å². The van der Waals surface area contributed by atoms with Gasteiger partial charge in [0.2, 0.25) is 11.8 Å². The van der Waals surface area contributed by atoms with Crippen LogP contribution in [0.25, 0.3) is 0 Å². The molecule has 2 saturated heterocycles. The molecule has 1 N–H and O–H groups in total. The highest BCUT2D eigenvalue weighted by atomic mass is 16.2. The maximum absolute atomic E-state index is 12.4. The van der Waals surface area contributed by atoms with Gasteiger partial charge in [0.25, 0.3) is 0 Å². The standard InChI is InChI=1S/C14H23N3O3/c1-4-16-6-5-10(7-16)8-17-13(19)11(9(2)3)12(18)15-14(17)20/h9-11H,4-8H2,1-3H3,(H,15,18,20). The Bertz CT molecular complexity index is 422. The normalized spacial score (nSPS) is 28.4. The average molecular weight is 281 g/mol. The molecule has 0 aromatic rings. The highest BCUT2D eigenvalue weighted by molar-refractivity contribution is 6.16. The van der Waals surface area contributed by atoms with Gasteiger partial charge in [0, 0.05) is 13.1 Å². The minimum absolute atomic E-state index is 0.103. The highest BCUT2D eigenvalue weighted by Crippen LogP contribution is 2.23. The summed E-state index contributed by atoms with van der Waals surface area (Å²) in [5, 5.41) is 2.30. The lowest BCUT2D eigenvalue weighted by Crippen LogP contribution is -2.60. The van der Waals surface area contributed by atoms with Crippen LogP contribution in [0.2, 0.25) is 0 Å². The van der Waals surface area contributed by atoms with Crippen molar-refractivity contribution in [2.45, 2.75) is 27.2 Å². The van der Waals surface area contributed by atoms with Crippen molar-refractivity contribution in [1.82, 2.24) is 15.1 Å². The zero-order chi connectivity index (χ0) is 14.9. The van der Waals surface area contributed by atoms with Crippen molar-refractivity contribution < 1.29 is 14.4 Å². The smallest absolute Gasteiger partial charge is 0.303 e. The molecule has 2 aliphatic heterocycles. The summed E-state index contributed by atoms with van der Waals surface area (Å²) in [4.78, 5) is 39.5. The van der Waals surface area contributed by atoms with Crippen LogP contribution in [-0.4, -0.2) is 53.8 Å². The van der Waals surface area contributed by atoms with Crippen LogP contribution in [0.5, 0.6) is 0 Å². The molecule has 4 amide bonds. The molecule has 0 bridgehead atoms. The van der Waals surface area contributed by atoms with Crippen LogP contribution in [-0.2, 0) is 9.59 Å². The van der Waals surface area contributed by atoms with Gasteiger partial charge in [-0.05, 0) is 31.3 Å². The van der Waals surface area contributed by atoms with Crippen LogP contribution < -0.4 is 5.32 Å². The lowest BCUT2D eigenvalue weighted by atomic mass is 9.91. The molecule has 2 atom stereocenters. The fourth-order valence-corrected chi connectivity index (χ4v) is 3.00. The molecule has 0 aromatic heterocycles. The summed E-state index contributed by atoms with van der Waals surface area (Å²) in [6, 6.07) is -0.563. The zero-order valence-electron chi connectivity index (χ0n) is 12.4. The van der Waals surface area contributed by atoms with Gasteiger partial charge in [0.05, 0.1) is 0 Å². The predicted molar refractivity (Wildman–Crippen MR) is 73.8 cm³/mol. The molecule has 2 unspecified atom stereocenters. The topological polar surface area (TPSA) is 69.7 Å². The first-order valence-electron chi connectivity index (χ1n) is 7.32. The monoisotopic (exact) mass is 281 g/mol. The Morgan fingerprint density at radius 2 is 2.00 bits per heavy atom. The van der Waals surface area contributed by atoms with Gasteiger partial charge >= 0.3 is 6.03 Å². The molecule has 6 nitrogen and oxygen atoms in total. The summed E-state index contributed by atoms with van der Waals surface area (Å²) >= 11 is 0. The molecule has 0 aliphatic carbocycles. The molecule has 0 radical (unpaired) electrons. The van der Waals surface area contributed by atoms with E-state index in [-0.39, 0.29) is 11.8 Å². The average Bonchev–Trinajstić information content (AvgIpc) is 2.81. The van der Waals surface area contributed by atoms with Crippen molar-refractivity contribution in [3.8, 4) is 0 Å². The van der Waals surface area contributed by atoms with E-state index in [2.05, 4.69) is 17.1 Å². The van der Waals surface area contributed by atoms with E-state index in [4.69, 9.17) is 0 Å².